The van der Waals surface area contributed by atoms with Gasteiger partial charge in [-0.3, -0.25) is 0 Å². The molecule has 0 fully saturated rings. The van der Waals surface area contributed by atoms with Gasteiger partial charge in [-0.25, -0.2) is 0 Å². The van der Waals surface area contributed by atoms with Crippen LogP contribution < -0.4 is 4.90 Å². The number of nitrogens with zero attached hydrogens (tertiary/aromatic N) is 1. The maximum atomic E-state index is 6.40. The van der Waals surface area contributed by atoms with Gasteiger partial charge in [0.15, 0.2) is 0 Å². The Morgan fingerprint density at radius 3 is 0.984 bits per heavy atom. The number of hydrogen-bond acceptors (Lipinski definition) is 2. The van der Waals surface area contributed by atoms with Gasteiger partial charge < -0.3 is 9.32 Å². The van der Waals surface area contributed by atoms with Gasteiger partial charge in [-0.2, -0.15) is 0 Å². The van der Waals surface area contributed by atoms with Gasteiger partial charge in [-0.15, -0.1) is 0 Å². The van der Waals surface area contributed by atoms with E-state index in [9.17, 15) is 0 Å². The fourth-order valence-corrected chi connectivity index (χ4v) is 8.98. The fraction of sp³-hybridized carbons (Fsp3) is 0.0164. The van der Waals surface area contributed by atoms with Gasteiger partial charge in [0.1, 0.15) is 11.2 Å². The summed E-state index contributed by atoms with van der Waals surface area (Å²) in [6.45, 7) is 0. The minimum absolute atomic E-state index is 0.0129. The van der Waals surface area contributed by atoms with Crippen LogP contribution in [0.3, 0.4) is 0 Å². The first kappa shape index (κ1) is 37.8. The van der Waals surface area contributed by atoms with E-state index in [4.69, 9.17) is 4.42 Å². The quantitative estimate of drug-likeness (QED) is 0.128. The van der Waals surface area contributed by atoms with Gasteiger partial charge in [0.2, 0.25) is 0 Å². The molecule has 0 radical (unpaired) electrons. The molecule has 1 atom stereocenters. The van der Waals surface area contributed by atoms with Gasteiger partial charge in [0.25, 0.3) is 0 Å². The number of benzene rings is 10. The molecule has 63 heavy (non-hydrogen) atoms. The molecule has 10 aromatic carbocycles. The molecule has 2 nitrogen and oxygen atoms in total. The van der Waals surface area contributed by atoms with Crippen LogP contribution in [0.15, 0.2) is 259 Å². The van der Waals surface area contributed by atoms with Crippen molar-refractivity contribution in [3.8, 4) is 44.5 Å². The SMILES string of the molecule is c1ccc(-c2ccc(C(c3ccc(-c4ccc(N(c5ccc(-c6ccccc6)cc5)c5ccc(-c6ccccc6)cc5)cc4)cc3)c3ccc4c(c3)oc3ccccc34)cc2)cc1. The van der Waals surface area contributed by atoms with Crippen LogP contribution in [0.2, 0.25) is 0 Å². The lowest BCUT2D eigenvalue weighted by Crippen LogP contribution is -2.09. The summed E-state index contributed by atoms with van der Waals surface area (Å²) < 4.78 is 6.40. The van der Waals surface area contributed by atoms with E-state index >= 15 is 0 Å². The Bertz CT molecular complexity index is 3180. The Hall–Kier alpha value is -8.20. The van der Waals surface area contributed by atoms with E-state index in [1.54, 1.807) is 0 Å². The lowest BCUT2D eigenvalue weighted by Gasteiger charge is -2.26. The lowest BCUT2D eigenvalue weighted by molar-refractivity contribution is 0.668. The molecule has 0 bridgehead atoms. The molecule has 0 aliphatic heterocycles. The zero-order valence-corrected chi connectivity index (χ0v) is 34.7. The second kappa shape index (κ2) is 16.7. The van der Waals surface area contributed by atoms with Gasteiger partial charge in [0, 0.05) is 33.8 Å². The van der Waals surface area contributed by atoms with Crippen LogP contribution in [0.4, 0.5) is 17.1 Å². The molecular formula is C61H43NO. The predicted molar refractivity (Wildman–Crippen MR) is 264 cm³/mol. The summed E-state index contributed by atoms with van der Waals surface area (Å²) in [4.78, 5) is 2.34. The fourth-order valence-electron chi connectivity index (χ4n) is 8.98. The van der Waals surface area contributed by atoms with Crippen molar-refractivity contribution in [2.45, 2.75) is 5.92 Å². The highest BCUT2D eigenvalue weighted by Crippen LogP contribution is 2.40. The monoisotopic (exact) mass is 805 g/mol. The average molecular weight is 806 g/mol. The number of furan rings is 1. The van der Waals surface area contributed by atoms with Crippen LogP contribution in [0, 0.1) is 0 Å². The highest BCUT2D eigenvalue weighted by Gasteiger charge is 2.20. The molecule has 0 spiro atoms. The summed E-state index contributed by atoms with van der Waals surface area (Å²) in [5, 5.41) is 2.28. The van der Waals surface area contributed by atoms with Crippen molar-refractivity contribution in [2.75, 3.05) is 4.90 Å². The summed E-state index contributed by atoms with van der Waals surface area (Å²) >= 11 is 0. The molecule has 0 amide bonds. The molecule has 0 aliphatic carbocycles. The van der Waals surface area contributed by atoms with E-state index in [2.05, 4.69) is 248 Å². The van der Waals surface area contributed by atoms with Crippen LogP contribution in [0.5, 0.6) is 0 Å². The van der Waals surface area contributed by atoms with E-state index < -0.39 is 0 Å². The Balaban J connectivity index is 0.925. The summed E-state index contributed by atoms with van der Waals surface area (Å²) in [6.07, 6.45) is 0. The molecule has 0 saturated carbocycles. The first-order valence-corrected chi connectivity index (χ1v) is 21.6. The van der Waals surface area contributed by atoms with Crippen molar-refractivity contribution in [3.63, 3.8) is 0 Å². The molecular weight excluding hydrogens is 763 g/mol. The van der Waals surface area contributed by atoms with Crippen molar-refractivity contribution in [2.24, 2.45) is 0 Å². The second-order valence-corrected chi connectivity index (χ2v) is 16.1. The van der Waals surface area contributed by atoms with Gasteiger partial charge >= 0.3 is 0 Å². The Morgan fingerprint density at radius 2 is 0.571 bits per heavy atom. The minimum Gasteiger partial charge on any atom is -0.456 e. The van der Waals surface area contributed by atoms with E-state index in [1.165, 1.54) is 55.6 Å². The van der Waals surface area contributed by atoms with Crippen LogP contribution in [-0.4, -0.2) is 0 Å². The van der Waals surface area contributed by atoms with E-state index in [0.717, 1.165) is 44.6 Å². The maximum absolute atomic E-state index is 6.40. The highest BCUT2D eigenvalue weighted by molar-refractivity contribution is 6.05. The van der Waals surface area contributed by atoms with Crippen molar-refractivity contribution in [3.05, 3.63) is 271 Å². The standard InChI is InChI=1S/C61H43NO/c1-4-12-43(13-5-1)46-20-24-51(25-21-46)61(53-34-41-58-57-18-10-11-19-59(57)63-60(58)42-53)52-26-22-47(23-27-52)50-32-39-56(40-33-50)62(54-35-28-48(29-36-54)44-14-6-2-7-15-44)55-37-30-49(31-38-55)45-16-8-3-9-17-45/h1-42,61H. The van der Waals surface area contributed by atoms with Crippen LogP contribution >= 0.6 is 0 Å². The first-order chi connectivity index (χ1) is 31.2. The number of fused-ring (bicyclic) bond motifs is 3. The van der Waals surface area contributed by atoms with E-state index in [0.29, 0.717) is 0 Å². The highest BCUT2D eigenvalue weighted by atomic mass is 16.3. The minimum atomic E-state index is 0.0129. The first-order valence-electron chi connectivity index (χ1n) is 21.6. The normalized spacial score (nSPS) is 11.7. The third-order valence-electron chi connectivity index (χ3n) is 12.3. The molecule has 1 heterocycles. The molecule has 11 rings (SSSR count). The molecule has 298 valence electrons. The molecule has 0 saturated heterocycles. The molecule has 2 heteroatoms. The molecule has 1 aromatic heterocycles. The van der Waals surface area contributed by atoms with Crippen LogP contribution in [0.25, 0.3) is 66.4 Å². The third kappa shape index (κ3) is 7.60. The second-order valence-electron chi connectivity index (χ2n) is 16.1. The number of rotatable bonds is 10. The molecule has 0 aliphatic rings. The van der Waals surface area contributed by atoms with Gasteiger partial charge in [-0.05, 0) is 110 Å². The summed E-state index contributed by atoms with van der Waals surface area (Å²) in [7, 11) is 0. The maximum Gasteiger partial charge on any atom is 0.135 e. The third-order valence-corrected chi connectivity index (χ3v) is 12.3. The lowest BCUT2D eigenvalue weighted by atomic mass is 9.83. The smallest absolute Gasteiger partial charge is 0.135 e. The zero-order chi connectivity index (χ0) is 42.0. The van der Waals surface area contributed by atoms with E-state index in [-0.39, 0.29) is 5.92 Å². The van der Waals surface area contributed by atoms with Crippen molar-refractivity contribution in [1.82, 2.24) is 0 Å². The number of anilines is 3. The Kier molecular flexibility index (Phi) is 10.0. The molecule has 1 unspecified atom stereocenters. The Morgan fingerprint density at radius 1 is 0.254 bits per heavy atom. The zero-order valence-electron chi connectivity index (χ0n) is 34.7. The van der Waals surface area contributed by atoms with Crippen LogP contribution in [-0.2, 0) is 0 Å². The van der Waals surface area contributed by atoms with Gasteiger partial charge in [0.05, 0.1) is 0 Å². The average Bonchev–Trinajstić information content (AvgIpc) is 3.74. The largest absolute Gasteiger partial charge is 0.456 e. The summed E-state index contributed by atoms with van der Waals surface area (Å²) in [5.74, 6) is 0.0129. The predicted octanol–water partition coefficient (Wildman–Crippen LogP) is 16.9. The van der Waals surface area contributed by atoms with Crippen molar-refractivity contribution in [1.29, 1.82) is 0 Å². The summed E-state index contributed by atoms with van der Waals surface area (Å²) in [6, 6.07) is 91.5. The van der Waals surface area contributed by atoms with Gasteiger partial charge in [-0.1, -0.05) is 206 Å². The number of para-hydroxylation sites is 1. The van der Waals surface area contributed by atoms with E-state index in [1.807, 2.05) is 12.1 Å². The Labute approximate surface area is 368 Å². The summed E-state index contributed by atoms with van der Waals surface area (Å²) in [5.41, 5.74) is 18.3. The van der Waals surface area contributed by atoms with Crippen molar-refractivity contribution >= 4 is 39.0 Å². The molecule has 0 N–H and O–H groups in total. The van der Waals surface area contributed by atoms with Crippen LogP contribution in [0.1, 0.15) is 22.6 Å². The topological polar surface area (TPSA) is 16.4 Å². The number of hydrogen-bond donors (Lipinski definition) is 0. The van der Waals surface area contributed by atoms with Crippen molar-refractivity contribution < 1.29 is 4.42 Å². The molecule has 11 aromatic rings.